The average molecular weight is 370 g/mol. The normalized spacial score (nSPS) is 16.9. The molecule has 1 unspecified atom stereocenters. The van der Waals surface area contributed by atoms with Crippen molar-refractivity contribution >= 4 is 12.1 Å². The minimum Gasteiger partial charge on any atom is -0.497 e. The van der Waals surface area contributed by atoms with Gasteiger partial charge in [-0.25, -0.2) is 5.43 Å². The number of hydrogen-bond acceptors (Lipinski definition) is 6. The highest BCUT2D eigenvalue weighted by molar-refractivity contribution is 5.95. The quantitative estimate of drug-likeness (QED) is 0.597. The third kappa shape index (κ3) is 5.80. The summed E-state index contributed by atoms with van der Waals surface area (Å²) in [4.78, 5) is 12.0. The van der Waals surface area contributed by atoms with E-state index in [9.17, 15) is 4.79 Å². The number of hydrazone groups is 1. The molecule has 1 N–H and O–H groups in total. The van der Waals surface area contributed by atoms with Crippen molar-refractivity contribution in [1.82, 2.24) is 5.43 Å². The molecule has 3 rings (SSSR count). The molecule has 1 heterocycles. The Morgan fingerprint density at radius 3 is 2.56 bits per heavy atom. The summed E-state index contributed by atoms with van der Waals surface area (Å²) < 4.78 is 21.6. The van der Waals surface area contributed by atoms with Crippen molar-refractivity contribution in [3.05, 3.63) is 59.7 Å². The zero-order valence-corrected chi connectivity index (χ0v) is 15.1. The first-order valence-electron chi connectivity index (χ1n) is 8.64. The number of nitrogens with one attached hydrogen (secondary N) is 1. The standard InChI is InChI=1S/C20H22N2O5/c1-24-17-8-4-16(5-9-17)20(23)22-21-12-15-2-6-18(7-3-15)27-14-19-13-25-10-11-26-19/h2-9,12,19H,10-11,13-14H2,1H3,(H,22,23)/b21-12+. The molecule has 7 nitrogen and oxygen atoms in total. The van der Waals surface area contributed by atoms with Gasteiger partial charge in [-0.1, -0.05) is 0 Å². The van der Waals surface area contributed by atoms with Gasteiger partial charge in [-0.05, 0) is 54.1 Å². The second kappa shape index (κ2) is 9.70. The molecule has 1 atom stereocenters. The van der Waals surface area contributed by atoms with E-state index in [0.29, 0.717) is 37.7 Å². The molecule has 7 heteroatoms. The van der Waals surface area contributed by atoms with Crippen LogP contribution in [0.3, 0.4) is 0 Å². The summed E-state index contributed by atoms with van der Waals surface area (Å²) in [5.74, 6) is 1.15. The Balaban J connectivity index is 1.46. The van der Waals surface area contributed by atoms with Crippen LogP contribution in [0.1, 0.15) is 15.9 Å². The monoisotopic (exact) mass is 370 g/mol. The Morgan fingerprint density at radius 1 is 1.15 bits per heavy atom. The van der Waals surface area contributed by atoms with E-state index < -0.39 is 0 Å². The van der Waals surface area contributed by atoms with Gasteiger partial charge in [0.15, 0.2) is 0 Å². The fourth-order valence-corrected chi connectivity index (χ4v) is 2.44. The molecule has 2 aromatic rings. The maximum atomic E-state index is 12.0. The summed E-state index contributed by atoms with van der Waals surface area (Å²) in [5, 5.41) is 3.98. The Hall–Kier alpha value is -2.90. The smallest absolute Gasteiger partial charge is 0.271 e. The third-order valence-corrected chi connectivity index (χ3v) is 3.93. The molecule has 1 fully saturated rings. The van der Waals surface area contributed by atoms with Crippen LogP contribution in [-0.4, -0.2) is 51.8 Å². The van der Waals surface area contributed by atoms with E-state index in [1.165, 1.54) is 0 Å². The van der Waals surface area contributed by atoms with Gasteiger partial charge in [0.25, 0.3) is 5.91 Å². The number of methoxy groups -OCH3 is 1. The summed E-state index contributed by atoms with van der Waals surface area (Å²) >= 11 is 0. The predicted octanol–water partition coefficient (Wildman–Crippen LogP) is 2.25. The van der Waals surface area contributed by atoms with Crippen molar-refractivity contribution in [2.75, 3.05) is 33.5 Å². The first-order chi connectivity index (χ1) is 13.2. The lowest BCUT2D eigenvalue weighted by Crippen LogP contribution is -2.33. The van der Waals surface area contributed by atoms with Gasteiger partial charge in [-0.15, -0.1) is 0 Å². The topological polar surface area (TPSA) is 78.4 Å². The van der Waals surface area contributed by atoms with Crippen molar-refractivity contribution in [2.24, 2.45) is 5.10 Å². The lowest BCUT2D eigenvalue weighted by molar-refractivity contribution is -0.101. The molecule has 0 aliphatic carbocycles. The number of carbonyl (C=O) groups is 1. The number of benzene rings is 2. The SMILES string of the molecule is COc1ccc(C(=O)N/N=C/c2ccc(OCC3COCCO3)cc2)cc1. The van der Waals surface area contributed by atoms with E-state index in [-0.39, 0.29) is 12.0 Å². The second-order valence-electron chi connectivity index (χ2n) is 5.88. The number of amides is 1. The molecular formula is C20H22N2O5. The van der Waals surface area contributed by atoms with Crippen LogP contribution >= 0.6 is 0 Å². The minimum atomic E-state index is -0.288. The highest BCUT2D eigenvalue weighted by atomic mass is 16.6. The summed E-state index contributed by atoms with van der Waals surface area (Å²) in [7, 11) is 1.58. The first kappa shape index (κ1) is 18.9. The zero-order valence-electron chi connectivity index (χ0n) is 15.1. The first-order valence-corrected chi connectivity index (χ1v) is 8.64. The van der Waals surface area contributed by atoms with Gasteiger partial charge in [-0.2, -0.15) is 5.10 Å². The van der Waals surface area contributed by atoms with Gasteiger partial charge in [-0.3, -0.25) is 4.79 Å². The summed E-state index contributed by atoms with van der Waals surface area (Å²) in [6, 6.07) is 14.2. The Labute approximate surface area is 157 Å². The summed E-state index contributed by atoms with van der Waals surface area (Å²) in [5.41, 5.74) is 3.84. The Bertz CT molecular complexity index is 753. The van der Waals surface area contributed by atoms with E-state index in [2.05, 4.69) is 10.5 Å². The van der Waals surface area contributed by atoms with E-state index in [1.807, 2.05) is 24.3 Å². The fraction of sp³-hybridized carbons (Fsp3) is 0.300. The van der Waals surface area contributed by atoms with Crippen molar-refractivity contribution in [2.45, 2.75) is 6.10 Å². The number of nitrogens with zero attached hydrogens (tertiary/aromatic N) is 1. The fourth-order valence-electron chi connectivity index (χ4n) is 2.44. The van der Waals surface area contributed by atoms with Crippen LogP contribution in [0.4, 0.5) is 0 Å². The maximum Gasteiger partial charge on any atom is 0.271 e. The van der Waals surface area contributed by atoms with Crippen molar-refractivity contribution in [3.63, 3.8) is 0 Å². The van der Waals surface area contributed by atoms with Crippen LogP contribution in [0.2, 0.25) is 0 Å². The number of hydrogen-bond donors (Lipinski definition) is 1. The second-order valence-corrected chi connectivity index (χ2v) is 5.88. The molecular weight excluding hydrogens is 348 g/mol. The predicted molar refractivity (Wildman–Crippen MR) is 101 cm³/mol. The molecule has 0 radical (unpaired) electrons. The van der Waals surface area contributed by atoms with Gasteiger partial charge in [0.2, 0.25) is 0 Å². The Kier molecular flexibility index (Phi) is 6.78. The molecule has 142 valence electrons. The minimum absolute atomic E-state index is 0.0341. The highest BCUT2D eigenvalue weighted by Gasteiger charge is 2.14. The van der Waals surface area contributed by atoms with E-state index in [0.717, 1.165) is 11.3 Å². The zero-order chi connectivity index (χ0) is 18.9. The van der Waals surface area contributed by atoms with Crippen LogP contribution in [0.5, 0.6) is 11.5 Å². The van der Waals surface area contributed by atoms with Gasteiger partial charge < -0.3 is 18.9 Å². The van der Waals surface area contributed by atoms with E-state index in [1.54, 1.807) is 37.6 Å². The van der Waals surface area contributed by atoms with Crippen molar-refractivity contribution in [3.8, 4) is 11.5 Å². The summed E-state index contributed by atoms with van der Waals surface area (Å²) in [6.45, 7) is 2.25. The van der Waals surface area contributed by atoms with Crippen molar-refractivity contribution in [1.29, 1.82) is 0 Å². The van der Waals surface area contributed by atoms with E-state index in [4.69, 9.17) is 18.9 Å². The maximum absolute atomic E-state index is 12.0. The van der Waals surface area contributed by atoms with Crippen LogP contribution in [0.25, 0.3) is 0 Å². The van der Waals surface area contributed by atoms with Gasteiger partial charge in [0.05, 0.1) is 33.1 Å². The Morgan fingerprint density at radius 2 is 1.89 bits per heavy atom. The molecule has 1 aliphatic rings. The third-order valence-electron chi connectivity index (χ3n) is 3.93. The molecule has 0 spiro atoms. The molecule has 0 aromatic heterocycles. The largest absolute Gasteiger partial charge is 0.497 e. The van der Waals surface area contributed by atoms with Gasteiger partial charge in [0, 0.05) is 5.56 Å². The number of carbonyl (C=O) groups excluding carboxylic acids is 1. The number of rotatable bonds is 7. The summed E-state index contributed by atoms with van der Waals surface area (Å²) in [6.07, 6.45) is 1.54. The molecule has 1 aliphatic heterocycles. The van der Waals surface area contributed by atoms with Crippen LogP contribution in [0.15, 0.2) is 53.6 Å². The van der Waals surface area contributed by atoms with Crippen LogP contribution in [0, 0.1) is 0 Å². The highest BCUT2D eigenvalue weighted by Crippen LogP contribution is 2.13. The molecule has 0 bridgehead atoms. The van der Waals surface area contributed by atoms with Crippen LogP contribution < -0.4 is 14.9 Å². The van der Waals surface area contributed by atoms with Gasteiger partial charge in [0.1, 0.15) is 24.2 Å². The molecule has 0 saturated carbocycles. The average Bonchev–Trinajstić information content (AvgIpc) is 2.74. The van der Waals surface area contributed by atoms with Gasteiger partial charge >= 0.3 is 0 Å². The van der Waals surface area contributed by atoms with Crippen molar-refractivity contribution < 1.29 is 23.7 Å². The van der Waals surface area contributed by atoms with E-state index >= 15 is 0 Å². The molecule has 27 heavy (non-hydrogen) atoms. The molecule has 1 saturated heterocycles. The van der Waals surface area contributed by atoms with Crippen LogP contribution in [-0.2, 0) is 9.47 Å². The number of ether oxygens (including phenoxy) is 4. The lowest BCUT2D eigenvalue weighted by atomic mass is 10.2. The molecule has 1 amide bonds. The molecule has 2 aromatic carbocycles. The lowest BCUT2D eigenvalue weighted by Gasteiger charge is -2.22.